The lowest BCUT2D eigenvalue weighted by molar-refractivity contribution is 0.283. The molecule has 0 spiro atoms. The average Bonchev–Trinajstić information content (AvgIpc) is 3.37. The summed E-state index contributed by atoms with van der Waals surface area (Å²) >= 11 is 0. The molecule has 0 bridgehead atoms. The van der Waals surface area contributed by atoms with Gasteiger partial charge in [-0.1, -0.05) is 44.2 Å². The first-order valence-corrected chi connectivity index (χ1v) is 10.4. The third-order valence-electron chi connectivity index (χ3n) is 5.17. The molecule has 0 aliphatic carbocycles. The van der Waals surface area contributed by atoms with Gasteiger partial charge in [0.05, 0.1) is 6.61 Å². The van der Waals surface area contributed by atoms with Crippen LogP contribution >= 0.6 is 0 Å². The van der Waals surface area contributed by atoms with E-state index in [0.717, 1.165) is 43.7 Å². The zero-order chi connectivity index (χ0) is 19.8. The molecule has 1 fully saturated rings. The number of hydrogen-bond acceptors (Lipinski definition) is 5. The Kier molecular flexibility index (Phi) is 7.28. The molecule has 3 rings (SSSR count). The zero-order valence-corrected chi connectivity index (χ0v) is 16.7. The van der Waals surface area contributed by atoms with Gasteiger partial charge in [0.1, 0.15) is 11.8 Å². The molecule has 152 valence electrons. The van der Waals surface area contributed by atoms with Gasteiger partial charge in [-0.25, -0.2) is 0 Å². The maximum atomic E-state index is 7.68. The number of likely N-dealkylation sites (tertiary alicyclic amines) is 1. The maximum Gasteiger partial charge on any atom is 0.249 e. The average molecular weight is 386 g/mol. The fraction of sp³-hybridized carbons (Fsp3) is 0.571. The Morgan fingerprint density at radius 3 is 2.71 bits per heavy atom. The smallest absolute Gasteiger partial charge is 0.249 e. The van der Waals surface area contributed by atoms with E-state index in [1.165, 1.54) is 32.1 Å². The molecule has 1 aliphatic rings. The number of guanidine groups is 1. The van der Waals surface area contributed by atoms with Crippen LogP contribution in [0.1, 0.15) is 70.2 Å². The van der Waals surface area contributed by atoms with E-state index in [1.807, 2.05) is 24.3 Å². The molecule has 1 atom stereocenters. The number of nitrogens with zero attached hydrogens (tertiary/aromatic N) is 3. The largest absolute Gasteiger partial charge is 0.494 e. The number of rotatable bonds is 10. The van der Waals surface area contributed by atoms with E-state index in [4.69, 9.17) is 20.4 Å². The minimum atomic E-state index is -0.0984. The molecule has 28 heavy (non-hydrogen) atoms. The lowest BCUT2D eigenvalue weighted by Crippen LogP contribution is -2.35. The normalized spacial score (nSPS) is 16.5. The highest BCUT2D eigenvalue weighted by Crippen LogP contribution is 2.31. The summed E-state index contributed by atoms with van der Waals surface area (Å²) < 4.78 is 11.3. The van der Waals surface area contributed by atoms with Gasteiger partial charge in [-0.05, 0) is 43.5 Å². The molecule has 0 unspecified atom stereocenters. The van der Waals surface area contributed by atoms with Crippen molar-refractivity contribution in [2.75, 3.05) is 13.2 Å². The molecule has 1 aromatic carbocycles. The Labute approximate surface area is 166 Å². The van der Waals surface area contributed by atoms with E-state index in [-0.39, 0.29) is 12.0 Å². The number of hydrogen-bond donors (Lipinski definition) is 2. The second-order valence-corrected chi connectivity index (χ2v) is 7.33. The fourth-order valence-electron chi connectivity index (χ4n) is 3.57. The Bertz CT molecular complexity index is 744. The molecule has 3 N–H and O–H groups in total. The number of ether oxygens (including phenoxy) is 1. The number of benzene rings is 1. The van der Waals surface area contributed by atoms with Crippen LogP contribution in [0, 0.1) is 5.41 Å². The summed E-state index contributed by atoms with van der Waals surface area (Å²) in [5.41, 5.74) is 6.53. The monoisotopic (exact) mass is 385 g/mol. The summed E-state index contributed by atoms with van der Waals surface area (Å²) in [6.45, 7) is 3.74. The molecule has 0 radical (unpaired) electrons. The van der Waals surface area contributed by atoms with Gasteiger partial charge in [-0.15, -0.1) is 0 Å². The second kappa shape index (κ2) is 10.1. The van der Waals surface area contributed by atoms with Crippen LogP contribution in [0.25, 0.3) is 11.4 Å². The van der Waals surface area contributed by atoms with Crippen molar-refractivity contribution in [1.29, 1.82) is 5.41 Å². The van der Waals surface area contributed by atoms with Gasteiger partial charge in [0, 0.05) is 12.1 Å². The Morgan fingerprint density at radius 2 is 1.96 bits per heavy atom. The molecule has 1 aromatic heterocycles. The van der Waals surface area contributed by atoms with Gasteiger partial charge in [0.15, 0.2) is 5.96 Å². The van der Waals surface area contributed by atoms with Gasteiger partial charge >= 0.3 is 0 Å². The first-order chi connectivity index (χ1) is 13.7. The van der Waals surface area contributed by atoms with Crippen LogP contribution in [0.4, 0.5) is 0 Å². The van der Waals surface area contributed by atoms with Crippen molar-refractivity contribution in [2.45, 2.75) is 64.3 Å². The molecule has 0 saturated carbocycles. The van der Waals surface area contributed by atoms with Crippen LogP contribution in [0.15, 0.2) is 28.8 Å². The van der Waals surface area contributed by atoms with Gasteiger partial charge in [-0.2, -0.15) is 4.98 Å². The number of unbranched alkanes of at least 4 members (excludes halogenated alkanes) is 5. The SMILES string of the molecule is CCCCCCCCOc1ccc(-c2noc([C@@H]3CCCN3C(=N)N)n2)cc1. The highest BCUT2D eigenvalue weighted by molar-refractivity contribution is 5.75. The molecular formula is C21H31N5O2. The molecule has 7 heteroatoms. The summed E-state index contributed by atoms with van der Waals surface area (Å²) in [6.07, 6.45) is 9.37. The van der Waals surface area contributed by atoms with Crippen LogP contribution in [0.3, 0.4) is 0 Å². The van der Waals surface area contributed by atoms with E-state index in [1.54, 1.807) is 4.90 Å². The topological polar surface area (TPSA) is 101 Å². The molecule has 7 nitrogen and oxygen atoms in total. The second-order valence-electron chi connectivity index (χ2n) is 7.33. The predicted octanol–water partition coefficient (Wildman–Crippen LogP) is 4.51. The lowest BCUT2D eigenvalue weighted by Gasteiger charge is -2.21. The van der Waals surface area contributed by atoms with E-state index in [2.05, 4.69) is 17.1 Å². The van der Waals surface area contributed by atoms with Crippen LogP contribution in [-0.2, 0) is 0 Å². The lowest BCUT2D eigenvalue weighted by atomic mass is 10.1. The van der Waals surface area contributed by atoms with E-state index in [0.29, 0.717) is 11.7 Å². The van der Waals surface area contributed by atoms with Gasteiger partial charge in [-0.3, -0.25) is 5.41 Å². The van der Waals surface area contributed by atoms with Gasteiger partial charge in [0.25, 0.3) is 0 Å². The summed E-state index contributed by atoms with van der Waals surface area (Å²) in [5.74, 6) is 1.98. The maximum absolute atomic E-state index is 7.68. The van der Waals surface area contributed by atoms with Crippen molar-refractivity contribution in [2.24, 2.45) is 5.73 Å². The predicted molar refractivity (Wildman–Crippen MR) is 109 cm³/mol. The van der Waals surface area contributed by atoms with Crippen molar-refractivity contribution < 1.29 is 9.26 Å². The standard InChI is InChI=1S/C21H31N5O2/c1-2-3-4-5-6-7-15-27-17-12-10-16(11-13-17)19-24-20(28-25-19)18-9-8-14-26(18)21(22)23/h10-13,18H,2-9,14-15H2,1H3,(H3,22,23)/t18-/m0/s1. The van der Waals surface area contributed by atoms with Crippen molar-refractivity contribution in [1.82, 2.24) is 15.0 Å². The van der Waals surface area contributed by atoms with E-state index < -0.39 is 0 Å². The summed E-state index contributed by atoms with van der Waals surface area (Å²) in [7, 11) is 0. The first kappa shape index (κ1) is 20.2. The fourth-order valence-corrected chi connectivity index (χ4v) is 3.57. The van der Waals surface area contributed by atoms with E-state index in [9.17, 15) is 0 Å². The molecule has 1 aliphatic heterocycles. The van der Waals surface area contributed by atoms with Crippen LogP contribution in [0.2, 0.25) is 0 Å². The Balaban J connectivity index is 1.50. The van der Waals surface area contributed by atoms with Crippen LogP contribution in [0.5, 0.6) is 5.75 Å². The summed E-state index contributed by atoms with van der Waals surface area (Å²) in [4.78, 5) is 6.33. The zero-order valence-electron chi connectivity index (χ0n) is 16.7. The third kappa shape index (κ3) is 5.24. The minimum absolute atomic E-state index is 0.0501. The first-order valence-electron chi connectivity index (χ1n) is 10.4. The third-order valence-corrected chi connectivity index (χ3v) is 5.17. The number of nitrogens with two attached hydrogens (primary N) is 1. The molecule has 0 amide bonds. The quantitative estimate of drug-likeness (QED) is 0.354. The Hall–Kier alpha value is -2.57. The molecule has 1 saturated heterocycles. The van der Waals surface area contributed by atoms with E-state index >= 15 is 0 Å². The molecule has 2 heterocycles. The highest BCUT2D eigenvalue weighted by Gasteiger charge is 2.31. The van der Waals surface area contributed by atoms with Crippen molar-refractivity contribution in [3.8, 4) is 17.1 Å². The van der Waals surface area contributed by atoms with Crippen LogP contribution < -0.4 is 10.5 Å². The van der Waals surface area contributed by atoms with Crippen molar-refractivity contribution >= 4 is 5.96 Å². The van der Waals surface area contributed by atoms with Gasteiger partial charge < -0.3 is 19.9 Å². The number of aromatic nitrogens is 2. The van der Waals surface area contributed by atoms with Crippen molar-refractivity contribution in [3.05, 3.63) is 30.2 Å². The summed E-state index contributed by atoms with van der Waals surface area (Å²) in [5, 5.41) is 11.8. The van der Waals surface area contributed by atoms with Gasteiger partial charge in [0.2, 0.25) is 11.7 Å². The molecule has 2 aromatic rings. The number of nitrogens with one attached hydrogen (secondary N) is 1. The molecular weight excluding hydrogens is 354 g/mol. The summed E-state index contributed by atoms with van der Waals surface area (Å²) in [6, 6.07) is 7.68. The Morgan fingerprint density at radius 1 is 1.21 bits per heavy atom. The van der Waals surface area contributed by atoms with Crippen LogP contribution in [-0.4, -0.2) is 34.2 Å². The highest BCUT2D eigenvalue weighted by atomic mass is 16.5. The minimum Gasteiger partial charge on any atom is -0.494 e. The van der Waals surface area contributed by atoms with Crippen molar-refractivity contribution in [3.63, 3.8) is 0 Å².